The van der Waals surface area contributed by atoms with Gasteiger partial charge >= 0.3 is 12.1 Å². The minimum absolute atomic E-state index is 0. The van der Waals surface area contributed by atoms with Crippen molar-refractivity contribution in [3.05, 3.63) is 0 Å². The van der Waals surface area contributed by atoms with Crippen LogP contribution in [-0.2, 0) is 9.53 Å². The summed E-state index contributed by atoms with van der Waals surface area (Å²) in [6.45, 7) is 5.26. The number of hydrogen-bond acceptors (Lipinski definition) is 4. The molecule has 2 aliphatic carbocycles. The summed E-state index contributed by atoms with van der Waals surface area (Å²) in [5.41, 5.74) is -0.533. The lowest BCUT2D eigenvalue weighted by Gasteiger charge is -2.27. The molecule has 1 amide bonds. The maximum absolute atomic E-state index is 11.3. The second kappa shape index (κ2) is 7.47. The van der Waals surface area contributed by atoms with Gasteiger partial charge in [0.15, 0.2) is 0 Å². The molecule has 20 heavy (non-hydrogen) atoms. The van der Waals surface area contributed by atoms with Crippen LogP contribution in [0.2, 0.25) is 0 Å². The van der Waals surface area contributed by atoms with E-state index in [4.69, 9.17) is 14.9 Å². The van der Waals surface area contributed by atoms with E-state index in [1.165, 1.54) is 0 Å². The minimum atomic E-state index is -1.05. The Balaban J connectivity index is 0.000000617. The monoisotopic (exact) mass is 289 g/mol. The van der Waals surface area contributed by atoms with Crippen LogP contribution in [-0.4, -0.2) is 40.5 Å². The van der Waals surface area contributed by atoms with Gasteiger partial charge < -0.3 is 20.3 Å². The quantitative estimate of drug-likeness (QED) is 0.740. The molecule has 118 valence electrons. The molecule has 0 saturated heterocycles. The Hall–Kier alpha value is -1.30. The number of ether oxygens (including phenoxy) is 1. The van der Waals surface area contributed by atoms with Gasteiger partial charge in [0, 0.05) is 0 Å². The summed E-state index contributed by atoms with van der Waals surface area (Å²) in [5.74, 6) is -1.05. The molecular formula is C14H27NO5. The van der Waals surface area contributed by atoms with Crippen LogP contribution in [0.1, 0.15) is 53.9 Å². The third-order valence-corrected chi connectivity index (χ3v) is 2.72. The predicted octanol–water partition coefficient (Wildman–Crippen LogP) is 2.15. The number of hydrogen-bond donors (Lipinski definition) is 3. The van der Waals surface area contributed by atoms with Crippen LogP contribution in [0.4, 0.5) is 4.79 Å². The van der Waals surface area contributed by atoms with Crippen molar-refractivity contribution in [3.8, 4) is 0 Å². The number of carbonyl (C=O) groups excluding carboxylic acids is 1. The standard InChI is InChI=1S/C10H17NO4.C3H6O.CH4/c1-10(2,3)7(8(12)13)11-9(14)15-6-4-5-6;4-3-1-2-3;/h6-7H,4-5H2,1-3H3,(H,11,14)(H,12,13);3-4H,1-2H2;1H4/t7-;;/m1../s1. The van der Waals surface area contributed by atoms with Gasteiger partial charge in [-0.2, -0.15) is 0 Å². The van der Waals surface area contributed by atoms with E-state index in [0.29, 0.717) is 0 Å². The van der Waals surface area contributed by atoms with Crippen molar-refractivity contribution in [2.45, 2.75) is 72.1 Å². The van der Waals surface area contributed by atoms with Gasteiger partial charge in [-0.15, -0.1) is 0 Å². The average Bonchev–Trinajstić information content (AvgIpc) is 3.12. The first-order valence-electron chi connectivity index (χ1n) is 6.58. The zero-order valence-electron chi connectivity index (χ0n) is 11.7. The maximum Gasteiger partial charge on any atom is 0.408 e. The number of aliphatic carboxylic acids is 1. The molecule has 2 fully saturated rings. The van der Waals surface area contributed by atoms with Crippen molar-refractivity contribution in [1.82, 2.24) is 5.32 Å². The molecule has 2 saturated carbocycles. The highest BCUT2D eigenvalue weighted by atomic mass is 16.6. The molecule has 2 rings (SSSR count). The summed E-state index contributed by atoms with van der Waals surface area (Å²) in [7, 11) is 0. The van der Waals surface area contributed by atoms with Gasteiger partial charge in [-0.25, -0.2) is 9.59 Å². The van der Waals surface area contributed by atoms with Crippen LogP contribution in [0.25, 0.3) is 0 Å². The third-order valence-electron chi connectivity index (χ3n) is 2.72. The lowest BCUT2D eigenvalue weighted by Crippen LogP contribution is -2.49. The summed E-state index contributed by atoms with van der Waals surface area (Å²) >= 11 is 0. The zero-order valence-corrected chi connectivity index (χ0v) is 11.7. The highest BCUT2D eigenvalue weighted by Crippen LogP contribution is 2.24. The number of carboxylic acid groups (broad SMARTS) is 1. The van der Waals surface area contributed by atoms with Gasteiger partial charge in [0.25, 0.3) is 0 Å². The summed E-state index contributed by atoms with van der Waals surface area (Å²) in [5, 5.41) is 19.5. The zero-order chi connectivity index (χ0) is 14.6. The molecule has 0 aromatic heterocycles. The van der Waals surface area contributed by atoms with E-state index in [9.17, 15) is 9.59 Å². The molecule has 0 radical (unpaired) electrons. The molecule has 0 aromatic carbocycles. The van der Waals surface area contributed by atoms with Crippen LogP contribution >= 0.6 is 0 Å². The molecule has 0 aliphatic heterocycles. The van der Waals surface area contributed by atoms with Gasteiger partial charge in [0.05, 0.1) is 6.10 Å². The minimum Gasteiger partial charge on any atom is -0.480 e. The van der Waals surface area contributed by atoms with Gasteiger partial charge in [0.1, 0.15) is 12.1 Å². The van der Waals surface area contributed by atoms with Crippen molar-refractivity contribution in [1.29, 1.82) is 0 Å². The Morgan fingerprint density at radius 1 is 1.20 bits per heavy atom. The van der Waals surface area contributed by atoms with Crippen molar-refractivity contribution in [3.63, 3.8) is 0 Å². The summed E-state index contributed by atoms with van der Waals surface area (Å²) in [6.07, 6.45) is 3.26. The van der Waals surface area contributed by atoms with E-state index in [0.717, 1.165) is 25.7 Å². The van der Waals surface area contributed by atoms with Crippen LogP contribution in [0, 0.1) is 5.41 Å². The van der Waals surface area contributed by atoms with E-state index >= 15 is 0 Å². The van der Waals surface area contributed by atoms with Gasteiger partial charge in [0.2, 0.25) is 0 Å². The fraction of sp³-hybridized carbons (Fsp3) is 0.857. The van der Waals surface area contributed by atoms with Crippen LogP contribution in [0.5, 0.6) is 0 Å². The largest absolute Gasteiger partial charge is 0.480 e. The molecule has 6 heteroatoms. The Morgan fingerprint density at radius 2 is 1.65 bits per heavy atom. The number of alkyl carbamates (subject to hydrolysis) is 1. The van der Waals surface area contributed by atoms with E-state index in [-0.39, 0.29) is 19.6 Å². The Kier molecular flexibility index (Phi) is 6.99. The Bertz CT molecular complexity index is 329. The summed E-state index contributed by atoms with van der Waals surface area (Å²) < 4.78 is 4.92. The van der Waals surface area contributed by atoms with E-state index in [1.54, 1.807) is 20.8 Å². The molecule has 6 nitrogen and oxygen atoms in total. The third kappa shape index (κ3) is 7.99. The molecule has 3 N–H and O–H groups in total. The fourth-order valence-electron chi connectivity index (χ4n) is 1.21. The first-order valence-corrected chi connectivity index (χ1v) is 6.58. The highest BCUT2D eigenvalue weighted by Gasteiger charge is 2.34. The van der Waals surface area contributed by atoms with Crippen molar-refractivity contribution in [2.24, 2.45) is 5.41 Å². The SMILES string of the molecule is C.CC(C)(C)[C@H](NC(=O)OC1CC1)C(=O)O.OC1CC1. The maximum atomic E-state index is 11.3. The van der Waals surface area contributed by atoms with Gasteiger partial charge in [-0.1, -0.05) is 28.2 Å². The molecule has 2 aliphatic rings. The molecule has 0 aromatic rings. The number of carbonyl (C=O) groups is 2. The van der Waals surface area contributed by atoms with E-state index in [1.807, 2.05) is 0 Å². The number of carboxylic acids is 1. The van der Waals surface area contributed by atoms with E-state index in [2.05, 4.69) is 5.32 Å². The second-order valence-corrected chi connectivity index (χ2v) is 6.12. The van der Waals surface area contributed by atoms with Gasteiger partial charge in [-0.3, -0.25) is 0 Å². The van der Waals surface area contributed by atoms with Crippen LogP contribution in [0.3, 0.4) is 0 Å². The summed E-state index contributed by atoms with van der Waals surface area (Å²) in [6, 6.07) is -0.927. The van der Waals surface area contributed by atoms with Gasteiger partial charge in [-0.05, 0) is 31.1 Å². The molecule has 0 unspecified atom stereocenters. The first-order chi connectivity index (χ1) is 8.70. The molecular weight excluding hydrogens is 262 g/mol. The molecule has 0 bridgehead atoms. The smallest absolute Gasteiger partial charge is 0.408 e. The average molecular weight is 289 g/mol. The number of rotatable bonds is 3. The first kappa shape index (κ1) is 18.7. The van der Waals surface area contributed by atoms with Crippen molar-refractivity contribution >= 4 is 12.1 Å². The second-order valence-electron chi connectivity index (χ2n) is 6.12. The molecule has 0 spiro atoms. The van der Waals surface area contributed by atoms with Crippen molar-refractivity contribution in [2.75, 3.05) is 0 Å². The Morgan fingerprint density at radius 3 is 1.90 bits per heavy atom. The van der Waals surface area contributed by atoms with Crippen LogP contribution < -0.4 is 5.32 Å². The fourth-order valence-corrected chi connectivity index (χ4v) is 1.21. The number of aliphatic hydroxyl groups is 1. The summed E-state index contributed by atoms with van der Waals surface area (Å²) in [4.78, 5) is 22.2. The lowest BCUT2D eigenvalue weighted by atomic mass is 9.87. The van der Waals surface area contributed by atoms with Crippen LogP contribution in [0.15, 0.2) is 0 Å². The predicted molar refractivity (Wildman–Crippen MR) is 75.5 cm³/mol. The normalized spacial score (nSPS) is 18.8. The van der Waals surface area contributed by atoms with E-state index < -0.39 is 23.5 Å². The number of amides is 1. The highest BCUT2D eigenvalue weighted by molar-refractivity contribution is 5.80. The number of aliphatic hydroxyl groups excluding tert-OH is 1. The number of nitrogens with one attached hydrogen (secondary N) is 1. The topological polar surface area (TPSA) is 95.9 Å². The lowest BCUT2D eigenvalue weighted by molar-refractivity contribution is -0.142. The van der Waals surface area contributed by atoms with Crippen molar-refractivity contribution < 1.29 is 24.5 Å². The molecule has 0 heterocycles. The molecule has 1 atom stereocenters. The Labute approximate surface area is 120 Å².